The van der Waals surface area contributed by atoms with Gasteiger partial charge in [-0.15, -0.1) is 0 Å². The van der Waals surface area contributed by atoms with Crippen LogP contribution in [0.25, 0.3) is 0 Å². The molecular weight excluding hydrogens is 346 g/mol. The lowest BCUT2D eigenvalue weighted by atomic mass is 10.0. The highest BCUT2D eigenvalue weighted by atomic mass is 16.5. The molecule has 0 unspecified atom stereocenters. The van der Waals surface area contributed by atoms with Crippen molar-refractivity contribution in [2.75, 3.05) is 20.2 Å². The molecule has 2 aliphatic heterocycles. The van der Waals surface area contributed by atoms with E-state index in [4.69, 9.17) is 14.2 Å². The van der Waals surface area contributed by atoms with E-state index in [9.17, 15) is 4.79 Å². The number of aromatic nitrogens is 3. The molecule has 27 heavy (non-hydrogen) atoms. The van der Waals surface area contributed by atoms with E-state index in [0.29, 0.717) is 37.6 Å². The van der Waals surface area contributed by atoms with Gasteiger partial charge in [-0.25, -0.2) is 9.97 Å². The lowest BCUT2D eigenvalue weighted by Crippen LogP contribution is -2.37. The van der Waals surface area contributed by atoms with Crippen LogP contribution in [0, 0.1) is 0 Å². The predicted octanol–water partition coefficient (Wildman–Crippen LogP) is 1.81. The number of piperidine rings is 1. The number of ether oxygens (including phenoxy) is 1. The average molecular weight is 371 g/mol. The highest BCUT2D eigenvalue weighted by Crippen LogP contribution is 2.23. The van der Waals surface area contributed by atoms with Crippen LogP contribution in [0.5, 0.6) is 5.88 Å². The average Bonchev–Trinajstić information content (AvgIpc) is 3.20. The van der Waals surface area contributed by atoms with Gasteiger partial charge in [0.25, 0.3) is 5.88 Å². The third-order valence-corrected chi connectivity index (χ3v) is 5.26. The van der Waals surface area contributed by atoms with Gasteiger partial charge in [0.2, 0.25) is 5.91 Å². The number of methoxy groups -OCH3 is 1. The molecule has 1 atom stereocenters. The number of amides is 1. The van der Waals surface area contributed by atoms with Crippen LogP contribution in [0.2, 0.25) is 0 Å². The number of nitrogens with one attached hydrogen (secondary N) is 1. The molecule has 0 spiro atoms. The Labute approximate surface area is 158 Å². The van der Waals surface area contributed by atoms with Crippen molar-refractivity contribution in [3.05, 3.63) is 35.1 Å². The molecule has 1 saturated heterocycles. The third kappa shape index (κ3) is 4.10. The Morgan fingerprint density at radius 3 is 3.15 bits per heavy atom. The molecular formula is C19H25N5O3. The van der Waals surface area contributed by atoms with Crippen molar-refractivity contribution in [2.24, 2.45) is 0 Å². The fourth-order valence-electron chi connectivity index (χ4n) is 3.68. The topological polar surface area (TPSA) is 93.4 Å². The van der Waals surface area contributed by atoms with Gasteiger partial charge in [0.1, 0.15) is 11.6 Å². The molecule has 8 nitrogen and oxygen atoms in total. The Bertz CT molecular complexity index is 800. The van der Waals surface area contributed by atoms with Crippen molar-refractivity contribution < 1.29 is 14.1 Å². The smallest absolute Gasteiger partial charge is 0.254 e. The van der Waals surface area contributed by atoms with Gasteiger partial charge in [-0.05, 0) is 24.5 Å². The molecule has 2 aromatic heterocycles. The van der Waals surface area contributed by atoms with Crippen molar-refractivity contribution in [1.29, 1.82) is 0 Å². The van der Waals surface area contributed by atoms with Gasteiger partial charge in [0.05, 0.1) is 18.8 Å². The molecule has 2 aromatic rings. The van der Waals surface area contributed by atoms with E-state index in [2.05, 4.69) is 15.5 Å². The van der Waals surface area contributed by atoms with E-state index in [-0.39, 0.29) is 11.9 Å². The zero-order valence-electron chi connectivity index (χ0n) is 15.6. The molecule has 0 aromatic carbocycles. The molecule has 2 aliphatic rings. The van der Waals surface area contributed by atoms with Crippen LogP contribution in [0.1, 0.15) is 54.6 Å². The van der Waals surface area contributed by atoms with Gasteiger partial charge in [0.15, 0.2) is 0 Å². The number of carbonyl (C=O) groups is 1. The molecule has 0 aliphatic carbocycles. The quantitative estimate of drug-likeness (QED) is 0.856. The second kappa shape index (κ2) is 8.04. The number of hydrogen-bond acceptors (Lipinski definition) is 7. The molecule has 0 saturated carbocycles. The highest BCUT2D eigenvalue weighted by Gasteiger charge is 2.24. The Balaban J connectivity index is 1.35. The summed E-state index contributed by atoms with van der Waals surface area (Å²) in [5, 5.41) is 7.25. The van der Waals surface area contributed by atoms with Gasteiger partial charge in [0, 0.05) is 50.2 Å². The number of aryl methyl sites for hydroxylation is 1. The Kier molecular flexibility index (Phi) is 5.33. The van der Waals surface area contributed by atoms with Crippen molar-refractivity contribution in [3.8, 4) is 5.88 Å². The van der Waals surface area contributed by atoms with E-state index in [0.717, 1.165) is 36.5 Å². The molecule has 1 amide bonds. The zero-order chi connectivity index (χ0) is 18.6. The fourth-order valence-corrected chi connectivity index (χ4v) is 3.68. The Morgan fingerprint density at radius 1 is 1.44 bits per heavy atom. The first-order valence-electron chi connectivity index (χ1n) is 9.58. The first-order valence-corrected chi connectivity index (χ1v) is 9.58. The van der Waals surface area contributed by atoms with Crippen LogP contribution >= 0.6 is 0 Å². The zero-order valence-corrected chi connectivity index (χ0v) is 15.6. The van der Waals surface area contributed by atoms with E-state index >= 15 is 0 Å². The lowest BCUT2D eigenvalue weighted by molar-refractivity contribution is -0.132. The first kappa shape index (κ1) is 17.9. The summed E-state index contributed by atoms with van der Waals surface area (Å²) in [6.45, 7) is 2.30. The second-order valence-corrected chi connectivity index (χ2v) is 7.10. The summed E-state index contributed by atoms with van der Waals surface area (Å²) in [5.74, 6) is 2.09. The summed E-state index contributed by atoms with van der Waals surface area (Å²) >= 11 is 0. The maximum atomic E-state index is 12.6. The number of hydrogen-bond donors (Lipinski definition) is 1. The fraction of sp³-hybridized carbons (Fsp3) is 0.579. The number of rotatable bonds is 5. The normalized spacial score (nSPS) is 19.6. The standard InChI is InChI=1S/C19H25N5O3/c1-26-17-10-14(27-23-17)5-6-18(25)24-9-7-15-13(12-24)11-21-19(22-15)16-4-2-3-8-20-16/h10-11,16,20H,2-9,12H2,1H3/t16-/m0/s1. The summed E-state index contributed by atoms with van der Waals surface area (Å²) in [5.41, 5.74) is 2.13. The lowest BCUT2D eigenvalue weighted by Gasteiger charge is -2.29. The van der Waals surface area contributed by atoms with Crippen LogP contribution in [0.15, 0.2) is 16.8 Å². The first-order chi connectivity index (χ1) is 13.2. The summed E-state index contributed by atoms with van der Waals surface area (Å²) in [7, 11) is 1.54. The minimum atomic E-state index is 0.106. The third-order valence-electron chi connectivity index (χ3n) is 5.26. The monoisotopic (exact) mass is 371 g/mol. The molecule has 4 rings (SSSR count). The second-order valence-electron chi connectivity index (χ2n) is 7.10. The van der Waals surface area contributed by atoms with E-state index in [1.807, 2.05) is 11.1 Å². The van der Waals surface area contributed by atoms with Crippen LogP contribution in [-0.4, -0.2) is 46.1 Å². The summed E-state index contributed by atoms with van der Waals surface area (Å²) in [6, 6.07) is 1.98. The van der Waals surface area contributed by atoms with Crippen molar-refractivity contribution in [3.63, 3.8) is 0 Å². The van der Waals surface area contributed by atoms with Crippen LogP contribution in [0.3, 0.4) is 0 Å². The van der Waals surface area contributed by atoms with E-state index in [1.54, 1.807) is 6.07 Å². The van der Waals surface area contributed by atoms with Crippen LogP contribution in [0.4, 0.5) is 0 Å². The summed E-state index contributed by atoms with van der Waals surface area (Å²) in [6.07, 6.45) is 7.11. The minimum absolute atomic E-state index is 0.106. The molecule has 1 fully saturated rings. The minimum Gasteiger partial charge on any atom is -0.479 e. The SMILES string of the molecule is COc1cc(CCC(=O)N2CCc3nc([C@@H]4CCCCN4)ncc3C2)on1. The van der Waals surface area contributed by atoms with E-state index < -0.39 is 0 Å². The molecule has 0 bridgehead atoms. The Morgan fingerprint density at radius 2 is 2.37 bits per heavy atom. The molecule has 144 valence electrons. The molecule has 8 heteroatoms. The molecule has 0 radical (unpaired) electrons. The summed E-state index contributed by atoms with van der Waals surface area (Å²) in [4.78, 5) is 23.8. The number of nitrogens with zero attached hydrogens (tertiary/aromatic N) is 4. The maximum Gasteiger partial charge on any atom is 0.254 e. The largest absolute Gasteiger partial charge is 0.479 e. The van der Waals surface area contributed by atoms with Crippen LogP contribution < -0.4 is 10.1 Å². The van der Waals surface area contributed by atoms with Gasteiger partial charge < -0.3 is 19.5 Å². The maximum absolute atomic E-state index is 12.6. The number of fused-ring (bicyclic) bond motifs is 1. The molecule has 1 N–H and O–H groups in total. The van der Waals surface area contributed by atoms with Crippen LogP contribution in [-0.2, 0) is 24.2 Å². The van der Waals surface area contributed by atoms with E-state index in [1.165, 1.54) is 20.0 Å². The van der Waals surface area contributed by atoms with Gasteiger partial charge in [-0.3, -0.25) is 4.79 Å². The van der Waals surface area contributed by atoms with Gasteiger partial charge in [-0.1, -0.05) is 6.42 Å². The van der Waals surface area contributed by atoms with Crippen molar-refractivity contribution >= 4 is 5.91 Å². The van der Waals surface area contributed by atoms with Crippen molar-refractivity contribution in [1.82, 2.24) is 25.3 Å². The molecule has 4 heterocycles. The predicted molar refractivity (Wildman–Crippen MR) is 97.1 cm³/mol. The number of carbonyl (C=O) groups excluding carboxylic acids is 1. The van der Waals surface area contributed by atoms with Gasteiger partial charge in [-0.2, -0.15) is 0 Å². The summed E-state index contributed by atoms with van der Waals surface area (Å²) < 4.78 is 10.1. The Hall–Kier alpha value is -2.48. The van der Waals surface area contributed by atoms with Gasteiger partial charge >= 0.3 is 0 Å². The highest BCUT2D eigenvalue weighted by molar-refractivity contribution is 5.76. The van der Waals surface area contributed by atoms with Crippen molar-refractivity contribution in [2.45, 2.75) is 51.1 Å².